The normalized spacial score (nSPS) is 10.1. The van der Waals surface area contributed by atoms with Crippen LogP contribution in [0.3, 0.4) is 0 Å². The average Bonchev–Trinajstić information content (AvgIpc) is 2.59. The number of methoxy groups -OCH3 is 2. The zero-order chi connectivity index (χ0) is 17.5. The largest absolute Gasteiger partial charge is 0.497 e. The maximum atomic E-state index is 12.3. The summed E-state index contributed by atoms with van der Waals surface area (Å²) in [7, 11) is 3.04. The molecule has 2 aromatic carbocycles. The van der Waals surface area contributed by atoms with Crippen LogP contribution in [-0.4, -0.2) is 25.9 Å². The smallest absolute Gasteiger partial charge is 0.224 e. The Bertz CT molecular complexity index is 746. The minimum atomic E-state index is -0.252. The van der Waals surface area contributed by atoms with Crippen LogP contribution < -0.4 is 14.8 Å². The molecule has 1 amide bonds. The van der Waals surface area contributed by atoms with E-state index in [-0.39, 0.29) is 24.5 Å². The van der Waals surface area contributed by atoms with Gasteiger partial charge in [0.25, 0.3) is 0 Å². The number of carbonyl (C=O) groups excluding carboxylic acids is 2. The highest BCUT2D eigenvalue weighted by molar-refractivity contribution is 6.31. The molecule has 0 aliphatic carbocycles. The quantitative estimate of drug-likeness (QED) is 0.770. The molecule has 0 spiro atoms. The van der Waals surface area contributed by atoms with E-state index < -0.39 is 0 Å². The standard InChI is InChI=1S/C18H18ClNO4/c1-23-14-5-3-4-13(11-14)20-18(22)9-7-16(21)15-10-12(19)6-8-17(15)24-2/h3-6,8,10-11H,7,9H2,1-2H3,(H,20,22). The van der Waals surface area contributed by atoms with Gasteiger partial charge in [-0.3, -0.25) is 9.59 Å². The molecule has 0 aliphatic rings. The fourth-order valence-electron chi connectivity index (χ4n) is 2.18. The number of benzene rings is 2. The monoisotopic (exact) mass is 347 g/mol. The molecule has 0 aliphatic heterocycles. The van der Waals surface area contributed by atoms with Crippen molar-refractivity contribution in [3.63, 3.8) is 0 Å². The van der Waals surface area contributed by atoms with Gasteiger partial charge in [0.1, 0.15) is 11.5 Å². The van der Waals surface area contributed by atoms with Gasteiger partial charge in [-0.2, -0.15) is 0 Å². The van der Waals surface area contributed by atoms with Crippen LogP contribution >= 0.6 is 11.6 Å². The van der Waals surface area contributed by atoms with Crippen molar-refractivity contribution in [1.29, 1.82) is 0 Å². The van der Waals surface area contributed by atoms with Gasteiger partial charge < -0.3 is 14.8 Å². The summed E-state index contributed by atoms with van der Waals surface area (Å²) in [5, 5.41) is 3.18. The van der Waals surface area contributed by atoms with Gasteiger partial charge in [0, 0.05) is 29.6 Å². The predicted octanol–water partition coefficient (Wildman–Crippen LogP) is 3.96. The molecular weight excluding hydrogens is 330 g/mol. The molecule has 2 rings (SSSR count). The van der Waals surface area contributed by atoms with Crippen LogP contribution in [0, 0.1) is 0 Å². The van der Waals surface area contributed by atoms with E-state index in [2.05, 4.69) is 5.32 Å². The summed E-state index contributed by atoms with van der Waals surface area (Å²) >= 11 is 5.92. The highest BCUT2D eigenvalue weighted by atomic mass is 35.5. The van der Waals surface area contributed by atoms with E-state index in [1.54, 1.807) is 49.6 Å². The second-order valence-electron chi connectivity index (χ2n) is 5.05. The Morgan fingerprint density at radius 2 is 1.83 bits per heavy atom. The summed E-state index contributed by atoms with van der Waals surface area (Å²) < 4.78 is 10.3. The van der Waals surface area contributed by atoms with E-state index in [1.807, 2.05) is 0 Å². The summed E-state index contributed by atoms with van der Waals surface area (Å²) in [6.07, 6.45) is 0.123. The molecule has 0 atom stereocenters. The molecule has 1 N–H and O–H groups in total. The Morgan fingerprint density at radius 3 is 2.54 bits per heavy atom. The molecule has 0 saturated heterocycles. The first-order valence-corrected chi connectivity index (χ1v) is 7.72. The van der Waals surface area contributed by atoms with Crippen LogP contribution in [0.2, 0.25) is 5.02 Å². The summed E-state index contributed by atoms with van der Waals surface area (Å²) in [4.78, 5) is 24.3. The minimum Gasteiger partial charge on any atom is -0.497 e. The molecule has 6 heteroatoms. The minimum absolute atomic E-state index is 0.0612. The number of anilines is 1. The second kappa shape index (κ2) is 8.36. The third-order valence-electron chi connectivity index (χ3n) is 3.39. The number of ketones is 1. The Balaban J connectivity index is 1.96. The number of carbonyl (C=O) groups is 2. The molecule has 0 unspecified atom stereocenters. The number of hydrogen-bond donors (Lipinski definition) is 1. The van der Waals surface area contributed by atoms with Gasteiger partial charge in [0.05, 0.1) is 19.8 Å². The molecule has 24 heavy (non-hydrogen) atoms. The van der Waals surface area contributed by atoms with E-state index in [0.29, 0.717) is 27.8 Å². The molecule has 0 radical (unpaired) electrons. The topological polar surface area (TPSA) is 64.6 Å². The molecule has 0 aromatic heterocycles. The zero-order valence-corrected chi connectivity index (χ0v) is 14.2. The summed E-state index contributed by atoms with van der Waals surface area (Å²) in [5.41, 5.74) is 0.992. The molecule has 126 valence electrons. The van der Waals surface area contributed by atoms with Gasteiger partial charge >= 0.3 is 0 Å². The molecule has 2 aromatic rings. The lowest BCUT2D eigenvalue weighted by Gasteiger charge is -2.09. The van der Waals surface area contributed by atoms with Gasteiger partial charge in [-0.25, -0.2) is 0 Å². The van der Waals surface area contributed by atoms with E-state index in [9.17, 15) is 9.59 Å². The van der Waals surface area contributed by atoms with Crippen molar-refractivity contribution in [2.24, 2.45) is 0 Å². The summed E-state index contributed by atoms with van der Waals surface area (Å²) in [6, 6.07) is 11.8. The Morgan fingerprint density at radius 1 is 1.04 bits per heavy atom. The van der Waals surface area contributed by atoms with Gasteiger partial charge in [0.2, 0.25) is 5.91 Å². The lowest BCUT2D eigenvalue weighted by atomic mass is 10.1. The van der Waals surface area contributed by atoms with Crippen molar-refractivity contribution in [2.45, 2.75) is 12.8 Å². The van der Waals surface area contributed by atoms with Crippen molar-refractivity contribution in [3.05, 3.63) is 53.1 Å². The number of amides is 1. The van der Waals surface area contributed by atoms with Crippen LogP contribution in [0.5, 0.6) is 11.5 Å². The van der Waals surface area contributed by atoms with Crippen molar-refractivity contribution < 1.29 is 19.1 Å². The highest BCUT2D eigenvalue weighted by Gasteiger charge is 2.15. The van der Waals surface area contributed by atoms with Gasteiger partial charge in [-0.05, 0) is 30.3 Å². The maximum Gasteiger partial charge on any atom is 0.224 e. The Labute approximate surface area is 145 Å². The number of Topliss-reactive ketones (excluding diaryl/α,β-unsaturated/α-hetero) is 1. The Kier molecular flexibility index (Phi) is 6.21. The van der Waals surface area contributed by atoms with Crippen LogP contribution in [0.15, 0.2) is 42.5 Å². The van der Waals surface area contributed by atoms with E-state index in [1.165, 1.54) is 7.11 Å². The third-order valence-corrected chi connectivity index (χ3v) is 3.63. The zero-order valence-electron chi connectivity index (χ0n) is 13.5. The first-order valence-electron chi connectivity index (χ1n) is 7.34. The molecule has 0 fully saturated rings. The van der Waals surface area contributed by atoms with Crippen molar-refractivity contribution in [2.75, 3.05) is 19.5 Å². The summed E-state index contributed by atoms with van der Waals surface area (Å²) in [6.45, 7) is 0. The highest BCUT2D eigenvalue weighted by Crippen LogP contribution is 2.24. The van der Waals surface area contributed by atoms with Gasteiger partial charge in [-0.1, -0.05) is 17.7 Å². The Hall–Kier alpha value is -2.53. The summed E-state index contributed by atoms with van der Waals surface area (Å²) in [5.74, 6) is 0.637. The van der Waals surface area contributed by atoms with E-state index >= 15 is 0 Å². The van der Waals surface area contributed by atoms with Crippen LogP contribution in [-0.2, 0) is 4.79 Å². The maximum absolute atomic E-state index is 12.3. The van der Waals surface area contributed by atoms with Crippen molar-refractivity contribution in [1.82, 2.24) is 0 Å². The first kappa shape index (κ1) is 17.8. The lowest BCUT2D eigenvalue weighted by Crippen LogP contribution is -2.14. The average molecular weight is 348 g/mol. The van der Waals surface area contributed by atoms with Crippen molar-refractivity contribution >= 4 is 29.0 Å². The van der Waals surface area contributed by atoms with Crippen LogP contribution in [0.4, 0.5) is 5.69 Å². The number of hydrogen-bond acceptors (Lipinski definition) is 4. The lowest BCUT2D eigenvalue weighted by molar-refractivity contribution is -0.116. The van der Waals surface area contributed by atoms with E-state index in [0.717, 1.165) is 0 Å². The number of nitrogens with one attached hydrogen (secondary N) is 1. The molecule has 5 nitrogen and oxygen atoms in total. The van der Waals surface area contributed by atoms with Gasteiger partial charge in [0.15, 0.2) is 5.78 Å². The predicted molar refractivity (Wildman–Crippen MR) is 93.2 cm³/mol. The third kappa shape index (κ3) is 4.73. The van der Waals surface area contributed by atoms with Crippen molar-refractivity contribution in [3.8, 4) is 11.5 Å². The number of rotatable bonds is 7. The molecular formula is C18H18ClNO4. The fraction of sp³-hybridized carbons (Fsp3) is 0.222. The number of ether oxygens (including phenoxy) is 2. The molecule has 0 heterocycles. The first-order chi connectivity index (χ1) is 11.5. The van der Waals surface area contributed by atoms with E-state index in [4.69, 9.17) is 21.1 Å². The van der Waals surface area contributed by atoms with Crippen LogP contribution in [0.1, 0.15) is 23.2 Å². The number of halogens is 1. The van der Waals surface area contributed by atoms with Crippen LogP contribution in [0.25, 0.3) is 0 Å². The molecule has 0 saturated carbocycles. The SMILES string of the molecule is COc1cccc(NC(=O)CCC(=O)c2cc(Cl)ccc2OC)c1. The molecule has 0 bridgehead atoms. The van der Waals surface area contributed by atoms with Gasteiger partial charge in [-0.15, -0.1) is 0 Å². The second-order valence-corrected chi connectivity index (χ2v) is 5.48. The fourth-order valence-corrected chi connectivity index (χ4v) is 2.36.